The van der Waals surface area contributed by atoms with E-state index in [1.807, 2.05) is 38.1 Å². The van der Waals surface area contributed by atoms with Crippen LogP contribution in [-0.4, -0.2) is 46.9 Å². The lowest BCUT2D eigenvalue weighted by atomic mass is 10.2. The molecule has 4 rings (SSSR count). The van der Waals surface area contributed by atoms with Gasteiger partial charge >= 0.3 is 6.18 Å². The number of para-hydroxylation sites is 2. The molecule has 1 fully saturated rings. The molecule has 0 spiro atoms. The second kappa shape index (κ2) is 9.56. The number of carbonyl (C=O) groups excluding carboxylic acids is 1. The molecule has 2 heterocycles. The average molecular weight is 477 g/mol. The van der Waals surface area contributed by atoms with E-state index >= 15 is 0 Å². The third kappa shape index (κ3) is 5.75. The number of morpholine rings is 1. The molecule has 3 aromatic rings. The fourth-order valence-electron chi connectivity index (χ4n) is 3.73. The molecule has 2 atom stereocenters. The van der Waals surface area contributed by atoms with Crippen LogP contribution in [0.3, 0.4) is 0 Å². The maximum absolute atomic E-state index is 12.9. The number of thioether (sulfide) groups is 1. The molecule has 1 aliphatic heterocycles. The number of nitrogens with one attached hydrogen (secondary N) is 1. The van der Waals surface area contributed by atoms with E-state index in [2.05, 4.69) is 10.2 Å². The summed E-state index contributed by atoms with van der Waals surface area (Å²) in [5, 5.41) is 3.13. The number of nitrogens with zero attached hydrogens (tertiary/aromatic N) is 3. The second-order valence-electron chi connectivity index (χ2n) is 7.92. The Bertz CT molecular complexity index is 1150. The summed E-state index contributed by atoms with van der Waals surface area (Å²) in [5.74, 6) is 0.225. The summed E-state index contributed by atoms with van der Waals surface area (Å²) in [6.45, 7) is 5.27. The Labute approximate surface area is 193 Å². The minimum absolute atomic E-state index is 0.0177. The monoisotopic (exact) mass is 476 g/mol. The number of hydrogen-bond donors (Lipinski definition) is 1. The van der Waals surface area contributed by atoms with Gasteiger partial charge in [0.2, 0.25) is 5.91 Å². The van der Waals surface area contributed by atoms with Crippen LogP contribution in [0.5, 0.6) is 0 Å². The van der Waals surface area contributed by atoms with Gasteiger partial charge in [0.15, 0.2) is 5.82 Å². The standard InChI is InChI=1S/C23H23F3N4O2S/c1-14-11-30(12-15(2)32-14)21-22(29-19-9-4-3-8-18(19)28-21)33-13-20(31)27-17-7-5-6-16(10-17)23(24,25)26/h3-10,14-15H,11-13H2,1-2H3,(H,27,31)/t14-,15-/m1/s1. The van der Waals surface area contributed by atoms with Gasteiger partial charge in [0, 0.05) is 18.8 Å². The molecule has 0 radical (unpaired) electrons. The van der Waals surface area contributed by atoms with E-state index in [-0.39, 0.29) is 23.6 Å². The Kier molecular flexibility index (Phi) is 6.76. The fraction of sp³-hybridized carbons (Fsp3) is 0.348. The highest BCUT2D eigenvalue weighted by molar-refractivity contribution is 8.00. The minimum Gasteiger partial charge on any atom is -0.372 e. The summed E-state index contributed by atoms with van der Waals surface area (Å²) in [6.07, 6.45) is -4.44. The summed E-state index contributed by atoms with van der Waals surface area (Å²) in [4.78, 5) is 24.1. The number of carbonyl (C=O) groups is 1. The SMILES string of the molecule is C[C@@H]1CN(c2nc3ccccc3nc2SCC(=O)Nc2cccc(C(F)(F)F)c2)C[C@@H](C)O1. The number of ether oxygens (including phenoxy) is 1. The number of aromatic nitrogens is 2. The van der Waals surface area contributed by atoms with Crippen molar-refractivity contribution in [2.45, 2.75) is 37.3 Å². The Balaban J connectivity index is 1.53. The van der Waals surface area contributed by atoms with Crippen LogP contribution in [0, 0.1) is 0 Å². The molecule has 1 aromatic heterocycles. The molecule has 0 bridgehead atoms. The van der Waals surface area contributed by atoms with Gasteiger partial charge in [-0.2, -0.15) is 13.2 Å². The van der Waals surface area contributed by atoms with Crippen molar-refractivity contribution in [3.05, 3.63) is 54.1 Å². The summed E-state index contributed by atoms with van der Waals surface area (Å²) in [6, 6.07) is 12.1. The molecular formula is C23H23F3N4O2S. The molecule has 1 aliphatic rings. The molecule has 2 aromatic carbocycles. The fourth-order valence-corrected chi connectivity index (χ4v) is 4.54. The Hall–Kier alpha value is -2.85. The van der Waals surface area contributed by atoms with Gasteiger partial charge in [0.1, 0.15) is 5.03 Å². The molecule has 6 nitrogen and oxygen atoms in total. The van der Waals surface area contributed by atoms with Crippen molar-refractivity contribution in [2.24, 2.45) is 0 Å². The van der Waals surface area contributed by atoms with Crippen LogP contribution in [0.15, 0.2) is 53.6 Å². The van der Waals surface area contributed by atoms with Gasteiger partial charge in [-0.3, -0.25) is 4.79 Å². The van der Waals surface area contributed by atoms with Gasteiger partial charge in [-0.25, -0.2) is 9.97 Å². The van der Waals surface area contributed by atoms with Crippen LogP contribution >= 0.6 is 11.8 Å². The number of hydrogen-bond acceptors (Lipinski definition) is 6. The summed E-state index contributed by atoms with van der Waals surface area (Å²) >= 11 is 1.20. The van der Waals surface area contributed by atoms with E-state index in [0.29, 0.717) is 29.5 Å². The summed E-state index contributed by atoms with van der Waals surface area (Å²) in [7, 11) is 0. The molecule has 10 heteroatoms. The van der Waals surface area contributed by atoms with Crippen LogP contribution in [0.2, 0.25) is 0 Å². The molecule has 1 amide bonds. The summed E-state index contributed by atoms with van der Waals surface area (Å²) < 4.78 is 44.6. The van der Waals surface area contributed by atoms with Crippen LogP contribution in [-0.2, 0) is 15.7 Å². The van der Waals surface area contributed by atoms with Crippen LogP contribution in [0.4, 0.5) is 24.7 Å². The number of amides is 1. The molecule has 33 heavy (non-hydrogen) atoms. The molecule has 0 aliphatic carbocycles. The van der Waals surface area contributed by atoms with Crippen molar-refractivity contribution in [2.75, 3.05) is 29.1 Å². The normalized spacial score (nSPS) is 19.0. The first-order chi connectivity index (χ1) is 15.7. The zero-order valence-electron chi connectivity index (χ0n) is 18.1. The Morgan fingerprint density at radius 1 is 1.09 bits per heavy atom. The van der Waals surface area contributed by atoms with Crippen molar-refractivity contribution in [1.29, 1.82) is 0 Å². The van der Waals surface area contributed by atoms with E-state index in [0.717, 1.165) is 17.6 Å². The van der Waals surface area contributed by atoms with Crippen molar-refractivity contribution in [3.8, 4) is 0 Å². The highest BCUT2D eigenvalue weighted by Crippen LogP contribution is 2.32. The molecule has 0 saturated carbocycles. The predicted octanol–water partition coefficient (Wildman–Crippen LogP) is 4.99. The first-order valence-electron chi connectivity index (χ1n) is 10.5. The maximum Gasteiger partial charge on any atom is 0.416 e. The lowest BCUT2D eigenvalue weighted by molar-refractivity contribution is -0.137. The third-order valence-electron chi connectivity index (χ3n) is 5.05. The topological polar surface area (TPSA) is 67.4 Å². The largest absolute Gasteiger partial charge is 0.416 e. The molecular weight excluding hydrogens is 453 g/mol. The smallest absolute Gasteiger partial charge is 0.372 e. The lowest BCUT2D eigenvalue weighted by Gasteiger charge is -2.36. The molecule has 0 unspecified atom stereocenters. The Morgan fingerprint density at radius 3 is 2.42 bits per heavy atom. The van der Waals surface area contributed by atoms with Crippen molar-refractivity contribution >= 4 is 40.2 Å². The van der Waals surface area contributed by atoms with Crippen molar-refractivity contribution in [1.82, 2.24) is 9.97 Å². The van der Waals surface area contributed by atoms with Crippen LogP contribution in [0.25, 0.3) is 11.0 Å². The van der Waals surface area contributed by atoms with E-state index in [4.69, 9.17) is 14.7 Å². The van der Waals surface area contributed by atoms with Gasteiger partial charge in [-0.1, -0.05) is 30.0 Å². The zero-order chi connectivity index (χ0) is 23.6. The minimum atomic E-state index is -4.47. The first kappa shape index (κ1) is 23.3. The Morgan fingerprint density at radius 2 is 1.76 bits per heavy atom. The average Bonchev–Trinajstić information content (AvgIpc) is 2.76. The van der Waals surface area contributed by atoms with Gasteiger partial charge in [0.05, 0.1) is 34.6 Å². The molecule has 174 valence electrons. The maximum atomic E-state index is 12.9. The quantitative estimate of drug-likeness (QED) is 0.523. The number of rotatable bonds is 5. The first-order valence-corrected chi connectivity index (χ1v) is 11.4. The van der Waals surface area contributed by atoms with Crippen LogP contribution in [0.1, 0.15) is 19.4 Å². The van der Waals surface area contributed by atoms with Gasteiger partial charge in [0.25, 0.3) is 0 Å². The highest BCUT2D eigenvalue weighted by Gasteiger charge is 2.30. The van der Waals surface area contributed by atoms with Crippen molar-refractivity contribution < 1.29 is 22.7 Å². The third-order valence-corrected chi connectivity index (χ3v) is 6.01. The van der Waals surface area contributed by atoms with E-state index in [1.54, 1.807) is 0 Å². The predicted molar refractivity (Wildman–Crippen MR) is 123 cm³/mol. The highest BCUT2D eigenvalue weighted by atomic mass is 32.2. The number of halogens is 3. The number of anilines is 2. The zero-order valence-corrected chi connectivity index (χ0v) is 18.9. The number of benzene rings is 2. The van der Waals surface area contributed by atoms with Crippen LogP contribution < -0.4 is 10.2 Å². The second-order valence-corrected chi connectivity index (χ2v) is 8.88. The van der Waals surface area contributed by atoms with Gasteiger partial charge < -0.3 is 15.0 Å². The van der Waals surface area contributed by atoms with Gasteiger partial charge in [-0.15, -0.1) is 0 Å². The lowest BCUT2D eigenvalue weighted by Crippen LogP contribution is -2.46. The van der Waals surface area contributed by atoms with Crippen molar-refractivity contribution in [3.63, 3.8) is 0 Å². The summed E-state index contributed by atoms with van der Waals surface area (Å²) in [5.41, 5.74) is 0.732. The van der Waals surface area contributed by atoms with E-state index in [9.17, 15) is 18.0 Å². The number of alkyl halides is 3. The van der Waals surface area contributed by atoms with E-state index in [1.165, 1.54) is 23.9 Å². The number of fused-ring (bicyclic) bond motifs is 1. The molecule has 1 N–H and O–H groups in total. The van der Waals surface area contributed by atoms with Gasteiger partial charge in [-0.05, 0) is 44.2 Å². The molecule has 1 saturated heterocycles. The van der Waals surface area contributed by atoms with E-state index < -0.39 is 17.6 Å².